The fourth-order valence-corrected chi connectivity index (χ4v) is 3.09. The SMILES string of the molecule is O=C(Cc1ccccc1C(F)(F)F)NCCN1CCCCC1CO. The fraction of sp³-hybridized carbons (Fsp3) is 0.588. The number of hydrogen-bond acceptors (Lipinski definition) is 3. The third-order valence-corrected chi connectivity index (χ3v) is 4.35. The first-order chi connectivity index (χ1) is 11.4. The predicted molar refractivity (Wildman–Crippen MR) is 84.5 cm³/mol. The Morgan fingerprint density at radius 2 is 2.04 bits per heavy atom. The maximum absolute atomic E-state index is 12.9. The summed E-state index contributed by atoms with van der Waals surface area (Å²) >= 11 is 0. The number of nitrogens with one attached hydrogen (secondary N) is 1. The van der Waals surface area contributed by atoms with Crippen molar-refractivity contribution in [1.29, 1.82) is 0 Å². The molecular weight excluding hydrogens is 321 g/mol. The number of alkyl halides is 3. The molecular formula is C17H23F3N2O2. The monoisotopic (exact) mass is 344 g/mol. The van der Waals surface area contributed by atoms with Gasteiger partial charge in [0.25, 0.3) is 0 Å². The van der Waals surface area contributed by atoms with Gasteiger partial charge in [0.2, 0.25) is 5.91 Å². The number of rotatable bonds is 6. The van der Waals surface area contributed by atoms with Gasteiger partial charge in [0.05, 0.1) is 18.6 Å². The lowest BCUT2D eigenvalue weighted by Crippen LogP contribution is -2.45. The molecule has 0 spiro atoms. The van der Waals surface area contributed by atoms with E-state index in [1.807, 2.05) is 0 Å². The van der Waals surface area contributed by atoms with Crippen molar-refractivity contribution >= 4 is 5.91 Å². The molecule has 134 valence electrons. The van der Waals surface area contributed by atoms with E-state index >= 15 is 0 Å². The van der Waals surface area contributed by atoms with Crippen molar-refractivity contribution in [2.75, 3.05) is 26.2 Å². The summed E-state index contributed by atoms with van der Waals surface area (Å²) in [5.74, 6) is -0.427. The Hall–Kier alpha value is -1.60. The lowest BCUT2D eigenvalue weighted by Gasteiger charge is -2.34. The Balaban J connectivity index is 1.84. The number of hydrogen-bond donors (Lipinski definition) is 2. The van der Waals surface area contributed by atoms with Crippen LogP contribution >= 0.6 is 0 Å². The van der Waals surface area contributed by atoms with E-state index in [0.29, 0.717) is 13.1 Å². The smallest absolute Gasteiger partial charge is 0.395 e. The summed E-state index contributed by atoms with van der Waals surface area (Å²) < 4.78 is 38.7. The van der Waals surface area contributed by atoms with Gasteiger partial charge < -0.3 is 10.4 Å². The van der Waals surface area contributed by atoms with E-state index in [-0.39, 0.29) is 24.6 Å². The van der Waals surface area contributed by atoms with Crippen molar-refractivity contribution in [3.63, 3.8) is 0 Å². The number of piperidine rings is 1. The van der Waals surface area contributed by atoms with Gasteiger partial charge in [-0.15, -0.1) is 0 Å². The highest BCUT2D eigenvalue weighted by atomic mass is 19.4. The van der Waals surface area contributed by atoms with Crippen molar-refractivity contribution in [2.24, 2.45) is 0 Å². The summed E-state index contributed by atoms with van der Waals surface area (Å²) in [5.41, 5.74) is -0.787. The number of halogens is 3. The van der Waals surface area contributed by atoms with Gasteiger partial charge in [-0.1, -0.05) is 24.6 Å². The molecule has 0 radical (unpaired) electrons. The highest BCUT2D eigenvalue weighted by Crippen LogP contribution is 2.31. The van der Waals surface area contributed by atoms with Gasteiger partial charge in [-0.05, 0) is 31.0 Å². The predicted octanol–water partition coefficient (Wildman–Crippen LogP) is 2.21. The average Bonchev–Trinajstić information content (AvgIpc) is 2.55. The molecule has 1 amide bonds. The summed E-state index contributed by atoms with van der Waals surface area (Å²) in [6.45, 7) is 1.92. The molecule has 1 atom stereocenters. The second-order valence-corrected chi connectivity index (χ2v) is 6.05. The maximum atomic E-state index is 12.9. The van der Waals surface area contributed by atoms with E-state index in [0.717, 1.165) is 31.9 Å². The largest absolute Gasteiger partial charge is 0.416 e. The van der Waals surface area contributed by atoms with Gasteiger partial charge in [0.1, 0.15) is 0 Å². The zero-order chi connectivity index (χ0) is 17.6. The van der Waals surface area contributed by atoms with E-state index < -0.39 is 17.6 Å². The molecule has 1 aromatic rings. The number of carbonyl (C=O) groups is 1. The van der Waals surface area contributed by atoms with Crippen LogP contribution in [0.3, 0.4) is 0 Å². The molecule has 1 heterocycles. The van der Waals surface area contributed by atoms with Crippen molar-refractivity contribution in [3.8, 4) is 0 Å². The zero-order valence-electron chi connectivity index (χ0n) is 13.5. The third-order valence-electron chi connectivity index (χ3n) is 4.35. The minimum absolute atomic E-state index is 0.0197. The molecule has 0 saturated carbocycles. The Bertz CT molecular complexity index is 549. The van der Waals surface area contributed by atoms with Crippen LogP contribution in [-0.2, 0) is 17.4 Å². The molecule has 1 aliphatic heterocycles. The Morgan fingerprint density at radius 1 is 1.29 bits per heavy atom. The number of amides is 1. The van der Waals surface area contributed by atoms with Gasteiger partial charge in [0.15, 0.2) is 0 Å². The molecule has 1 aromatic carbocycles. The topological polar surface area (TPSA) is 52.6 Å². The van der Waals surface area contributed by atoms with E-state index in [9.17, 15) is 23.1 Å². The first-order valence-electron chi connectivity index (χ1n) is 8.18. The molecule has 2 N–H and O–H groups in total. The summed E-state index contributed by atoms with van der Waals surface area (Å²) in [6.07, 6.45) is -1.67. The Labute approximate surface area is 139 Å². The van der Waals surface area contributed by atoms with E-state index in [1.54, 1.807) is 0 Å². The van der Waals surface area contributed by atoms with Gasteiger partial charge in [-0.25, -0.2) is 0 Å². The molecule has 1 fully saturated rings. The Morgan fingerprint density at radius 3 is 2.75 bits per heavy atom. The second kappa shape index (κ2) is 8.48. The molecule has 7 heteroatoms. The van der Waals surface area contributed by atoms with Gasteiger partial charge in [0, 0.05) is 19.1 Å². The van der Waals surface area contributed by atoms with Crippen LogP contribution in [-0.4, -0.2) is 48.2 Å². The van der Waals surface area contributed by atoms with E-state index in [2.05, 4.69) is 10.2 Å². The molecule has 2 rings (SSSR count). The van der Waals surface area contributed by atoms with Crippen LogP contribution in [0.4, 0.5) is 13.2 Å². The number of nitrogens with zero attached hydrogens (tertiary/aromatic N) is 1. The Kier molecular flexibility index (Phi) is 6.62. The highest BCUT2D eigenvalue weighted by molar-refractivity contribution is 5.79. The van der Waals surface area contributed by atoms with Crippen molar-refractivity contribution in [1.82, 2.24) is 10.2 Å². The molecule has 0 aromatic heterocycles. The van der Waals surface area contributed by atoms with Crippen molar-refractivity contribution in [2.45, 2.75) is 37.9 Å². The number of likely N-dealkylation sites (tertiary alicyclic amines) is 1. The van der Waals surface area contributed by atoms with Crippen LogP contribution < -0.4 is 5.32 Å². The van der Waals surface area contributed by atoms with Crippen LogP contribution in [0.5, 0.6) is 0 Å². The van der Waals surface area contributed by atoms with Gasteiger partial charge in [-0.3, -0.25) is 9.69 Å². The molecule has 24 heavy (non-hydrogen) atoms. The van der Waals surface area contributed by atoms with E-state index in [4.69, 9.17) is 0 Å². The van der Waals surface area contributed by atoms with E-state index in [1.165, 1.54) is 18.2 Å². The fourth-order valence-electron chi connectivity index (χ4n) is 3.09. The van der Waals surface area contributed by atoms with Gasteiger partial charge in [-0.2, -0.15) is 13.2 Å². The second-order valence-electron chi connectivity index (χ2n) is 6.05. The van der Waals surface area contributed by atoms with Crippen molar-refractivity contribution in [3.05, 3.63) is 35.4 Å². The van der Waals surface area contributed by atoms with Crippen LogP contribution in [0, 0.1) is 0 Å². The standard InChI is InChI=1S/C17H23F3N2O2/c18-17(19,20)15-7-2-1-5-13(15)11-16(24)21-8-10-22-9-4-3-6-14(22)12-23/h1-2,5,7,14,23H,3-4,6,8-12H2,(H,21,24). The highest BCUT2D eigenvalue weighted by Gasteiger charge is 2.33. The van der Waals surface area contributed by atoms with Crippen LogP contribution in [0.25, 0.3) is 0 Å². The molecule has 0 aliphatic carbocycles. The molecule has 4 nitrogen and oxygen atoms in total. The maximum Gasteiger partial charge on any atom is 0.416 e. The first-order valence-corrected chi connectivity index (χ1v) is 8.18. The van der Waals surface area contributed by atoms with Crippen molar-refractivity contribution < 1.29 is 23.1 Å². The molecule has 1 saturated heterocycles. The van der Waals surface area contributed by atoms with Crippen LogP contribution in [0.1, 0.15) is 30.4 Å². The molecule has 1 aliphatic rings. The number of aliphatic hydroxyl groups excluding tert-OH is 1. The van der Waals surface area contributed by atoms with Gasteiger partial charge >= 0.3 is 6.18 Å². The molecule has 1 unspecified atom stereocenters. The van der Waals surface area contributed by atoms with Crippen LogP contribution in [0.15, 0.2) is 24.3 Å². The molecule has 0 bridgehead atoms. The minimum atomic E-state index is -4.46. The summed E-state index contributed by atoms with van der Waals surface area (Å²) in [6, 6.07) is 5.24. The lowest BCUT2D eigenvalue weighted by molar-refractivity contribution is -0.138. The number of carbonyl (C=O) groups excluding carboxylic acids is 1. The third kappa shape index (κ3) is 5.21. The summed E-state index contributed by atoms with van der Waals surface area (Å²) in [5, 5.41) is 12.0. The first kappa shape index (κ1) is 18.7. The minimum Gasteiger partial charge on any atom is -0.395 e. The summed E-state index contributed by atoms with van der Waals surface area (Å²) in [7, 11) is 0. The average molecular weight is 344 g/mol. The zero-order valence-corrected chi connectivity index (χ0v) is 13.5. The summed E-state index contributed by atoms with van der Waals surface area (Å²) in [4.78, 5) is 14.1. The number of benzene rings is 1. The van der Waals surface area contributed by atoms with Crippen LogP contribution in [0.2, 0.25) is 0 Å². The quantitative estimate of drug-likeness (QED) is 0.832. The lowest BCUT2D eigenvalue weighted by atomic mass is 10.0. The normalized spacial score (nSPS) is 19.2. The number of aliphatic hydroxyl groups is 1.